The number of imide groups is 1. The van der Waals surface area contributed by atoms with Gasteiger partial charge in [0.2, 0.25) is 0 Å². The molecule has 2 aliphatic heterocycles. The molecular weight excluding hydrogens is 344 g/mol. The molecule has 0 saturated carbocycles. The van der Waals surface area contributed by atoms with Gasteiger partial charge in [-0.25, -0.2) is 0 Å². The highest BCUT2D eigenvalue weighted by Gasteiger charge is 2.31. The first kappa shape index (κ1) is 17.8. The van der Waals surface area contributed by atoms with Gasteiger partial charge in [-0.2, -0.15) is 0 Å². The average molecular weight is 362 g/mol. The highest BCUT2D eigenvalue weighted by Crippen LogP contribution is 2.32. The number of β-amino-alcohol motifs (C(OH)–C–C–N with tert-alkyl or cyclic N) is 1. The molecule has 10 heteroatoms. The van der Waals surface area contributed by atoms with E-state index < -0.39 is 16.7 Å². The molecule has 0 atom stereocenters. The Morgan fingerprint density at radius 3 is 2.65 bits per heavy atom. The molecule has 26 heavy (non-hydrogen) atoms. The minimum absolute atomic E-state index is 0.0110. The smallest absolute Gasteiger partial charge is 0.294 e. The fraction of sp³-hybridized carbons (Fsp3) is 0.375. The number of ether oxygens (including phenoxy) is 1. The average Bonchev–Trinajstić information content (AvgIpc) is 2.90. The molecule has 0 spiro atoms. The Morgan fingerprint density at radius 2 is 2.00 bits per heavy atom. The van der Waals surface area contributed by atoms with E-state index in [-0.39, 0.29) is 24.5 Å². The molecule has 0 bridgehead atoms. The number of nitrogens with zero attached hydrogens (tertiary/aromatic N) is 3. The summed E-state index contributed by atoms with van der Waals surface area (Å²) < 4.78 is 5.26. The van der Waals surface area contributed by atoms with Gasteiger partial charge in [0.1, 0.15) is 11.4 Å². The number of morpholine rings is 1. The van der Waals surface area contributed by atoms with Crippen LogP contribution in [0.3, 0.4) is 0 Å². The van der Waals surface area contributed by atoms with E-state index in [1.165, 1.54) is 6.07 Å². The van der Waals surface area contributed by atoms with Crippen molar-refractivity contribution < 1.29 is 24.4 Å². The predicted octanol–water partition coefficient (Wildman–Crippen LogP) is 0.0883. The number of anilines is 2. The van der Waals surface area contributed by atoms with Crippen LogP contribution in [0.15, 0.2) is 30.0 Å². The summed E-state index contributed by atoms with van der Waals surface area (Å²) >= 11 is 0. The van der Waals surface area contributed by atoms with Gasteiger partial charge < -0.3 is 20.1 Å². The maximum Gasteiger partial charge on any atom is 0.294 e. The van der Waals surface area contributed by atoms with Gasteiger partial charge in [-0.3, -0.25) is 24.6 Å². The fourth-order valence-electron chi connectivity index (χ4n) is 2.88. The molecule has 2 N–H and O–H groups in total. The van der Waals surface area contributed by atoms with Crippen molar-refractivity contribution in [3.05, 3.63) is 40.1 Å². The lowest BCUT2D eigenvalue weighted by Crippen LogP contribution is -2.36. The standard InChI is InChI=1S/C16H18N4O6/c21-6-3-19-15(22)10-12(16(19)23)17-11-1-2-13(14(9-11)20(24)25)18-4-7-26-8-5-18/h1-2,9-10,17,21H,3-8H2. The zero-order chi connectivity index (χ0) is 18.7. The second kappa shape index (κ2) is 7.50. The molecule has 0 aromatic heterocycles. The van der Waals surface area contributed by atoms with E-state index in [4.69, 9.17) is 9.84 Å². The van der Waals surface area contributed by atoms with E-state index in [2.05, 4.69) is 5.32 Å². The van der Waals surface area contributed by atoms with Crippen LogP contribution in [-0.4, -0.2) is 66.2 Å². The number of nitrogens with one attached hydrogen (secondary N) is 1. The first-order valence-corrected chi connectivity index (χ1v) is 8.08. The Labute approximate surface area is 148 Å². The molecule has 1 aromatic carbocycles. The summed E-state index contributed by atoms with van der Waals surface area (Å²) in [6.45, 7) is 1.68. The Hall–Kier alpha value is -2.98. The van der Waals surface area contributed by atoms with Crippen LogP contribution in [0.5, 0.6) is 0 Å². The molecule has 10 nitrogen and oxygen atoms in total. The monoisotopic (exact) mass is 362 g/mol. The highest BCUT2D eigenvalue weighted by molar-refractivity contribution is 6.17. The number of benzene rings is 1. The number of carbonyl (C=O) groups is 2. The maximum absolute atomic E-state index is 12.2. The lowest BCUT2D eigenvalue weighted by atomic mass is 10.2. The minimum Gasteiger partial charge on any atom is -0.395 e. The number of hydrogen-bond acceptors (Lipinski definition) is 8. The van der Waals surface area contributed by atoms with Crippen LogP contribution in [0.4, 0.5) is 17.1 Å². The molecule has 0 unspecified atom stereocenters. The van der Waals surface area contributed by atoms with Crippen LogP contribution in [0.1, 0.15) is 0 Å². The number of carbonyl (C=O) groups excluding carboxylic acids is 2. The first-order chi connectivity index (χ1) is 12.5. The van der Waals surface area contributed by atoms with Gasteiger partial charge in [0.05, 0.1) is 31.3 Å². The van der Waals surface area contributed by atoms with Gasteiger partial charge in [-0.05, 0) is 12.1 Å². The lowest BCUT2D eigenvalue weighted by Gasteiger charge is -2.28. The van der Waals surface area contributed by atoms with Crippen molar-refractivity contribution in [2.75, 3.05) is 49.7 Å². The van der Waals surface area contributed by atoms with Gasteiger partial charge in [-0.15, -0.1) is 0 Å². The molecule has 2 heterocycles. The number of aliphatic hydroxyl groups excluding tert-OH is 1. The van der Waals surface area contributed by atoms with Crippen LogP contribution < -0.4 is 10.2 Å². The molecule has 138 valence electrons. The molecular formula is C16H18N4O6. The highest BCUT2D eigenvalue weighted by atomic mass is 16.6. The zero-order valence-electron chi connectivity index (χ0n) is 13.9. The summed E-state index contributed by atoms with van der Waals surface area (Å²) in [6.07, 6.45) is 1.11. The van der Waals surface area contributed by atoms with E-state index in [0.29, 0.717) is 37.7 Å². The SMILES string of the molecule is O=C1C=C(Nc2ccc(N3CCOCC3)c([N+](=O)[O-])c2)C(=O)N1CCO. The Balaban J connectivity index is 1.82. The number of rotatable bonds is 6. The van der Waals surface area contributed by atoms with E-state index in [9.17, 15) is 19.7 Å². The third kappa shape index (κ3) is 3.51. The van der Waals surface area contributed by atoms with Crippen LogP contribution >= 0.6 is 0 Å². The van der Waals surface area contributed by atoms with E-state index in [1.807, 2.05) is 4.90 Å². The van der Waals surface area contributed by atoms with Gasteiger partial charge in [0, 0.05) is 30.9 Å². The summed E-state index contributed by atoms with van der Waals surface area (Å²) in [5.41, 5.74) is 0.721. The molecule has 0 radical (unpaired) electrons. The summed E-state index contributed by atoms with van der Waals surface area (Å²) in [4.78, 5) is 37.7. The summed E-state index contributed by atoms with van der Waals surface area (Å²) in [7, 11) is 0. The van der Waals surface area contributed by atoms with Gasteiger partial charge >= 0.3 is 0 Å². The molecule has 1 aromatic rings. The quantitative estimate of drug-likeness (QED) is 0.414. The first-order valence-electron chi connectivity index (χ1n) is 8.08. The molecule has 2 amide bonds. The molecule has 0 aliphatic carbocycles. The third-order valence-electron chi connectivity index (χ3n) is 4.14. The number of nitro benzene ring substituents is 1. The number of amides is 2. The zero-order valence-corrected chi connectivity index (χ0v) is 13.9. The lowest BCUT2D eigenvalue weighted by molar-refractivity contribution is -0.384. The van der Waals surface area contributed by atoms with Crippen molar-refractivity contribution in [1.82, 2.24) is 4.90 Å². The topological polar surface area (TPSA) is 125 Å². The van der Waals surface area contributed by atoms with Gasteiger partial charge in [0.25, 0.3) is 17.5 Å². The summed E-state index contributed by atoms with van der Waals surface area (Å²) in [5, 5.41) is 23.1. The molecule has 1 saturated heterocycles. The van der Waals surface area contributed by atoms with E-state index >= 15 is 0 Å². The van der Waals surface area contributed by atoms with Crippen molar-refractivity contribution in [2.24, 2.45) is 0 Å². The van der Waals surface area contributed by atoms with Crippen molar-refractivity contribution in [3.8, 4) is 0 Å². The number of nitro groups is 1. The second-order valence-electron chi connectivity index (χ2n) is 5.76. The Kier molecular flexibility index (Phi) is 5.14. The van der Waals surface area contributed by atoms with Crippen molar-refractivity contribution in [3.63, 3.8) is 0 Å². The van der Waals surface area contributed by atoms with Crippen molar-refractivity contribution >= 4 is 28.9 Å². The van der Waals surface area contributed by atoms with Crippen LogP contribution in [0.2, 0.25) is 0 Å². The van der Waals surface area contributed by atoms with Crippen LogP contribution in [0, 0.1) is 10.1 Å². The Morgan fingerprint density at radius 1 is 1.27 bits per heavy atom. The second-order valence-corrected chi connectivity index (χ2v) is 5.76. The summed E-state index contributed by atoms with van der Waals surface area (Å²) in [5.74, 6) is -1.12. The van der Waals surface area contributed by atoms with E-state index in [1.54, 1.807) is 12.1 Å². The fourth-order valence-corrected chi connectivity index (χ4v) is 2.88. The number of aliphatic hydroxyl groups is 1. The van der Waals surface area contributed by atoms with Crippen molar-refractivity contribution in [1.29, 1.82) is 0 Å². The maximum atomic E-state index is 12.2. The van der Waals surface area contributed by atoms with Crippen LogP contribution in [0.25, 0.3) is 0 Å². The third-order valence-corrected chi connectivity index (χ3v) is 4.14. The van der Waals surface area contributed by atoms with Crippen molar-refractivity contribution in [2.45, 2.75) is 0 Å². The van der Waals surface area contributed by atoms with Gasteiger partial charge in [-0.1, -0.05) is 0 Å². The van der Waals surface area contributed by atoms with E-state index in [0.717, 1.165) is 11.0 Å². The van der Waals surface area contributed by atoms with Gasteiger partial charge in [0.15, 0.2) is 0 Å². The molecule has 1 fully saturated rings. The summed E-state index contributed by atoms with van der Waals surface area (Å²) in [6, 6.07) is 4.56. The van der Waals surface area contributed by atoms with Crippen LogP contribution in [-0.2, 0) is 14.3 Å². The Bertz CT molecular complexity index is 772. The molecule has 2 aliphatic rings. The predicted molar refractivity (Wildman–Crippen MR) is 91.6 cm³/mol. The minimum atomic E-state index is -0.580. The normalized spacial score (nSPS) is 17.5. The molecule has 3 rings (SSSR count). The largest absolute Gasteiger partial charge is 0.395 e. The number of hydrogen-bond donors (Lipinski definition) is 2.